The van der Waals surface area contributed by atoms with E-state index in [1.807, 2.05) is 38.4 Å². The third-order valence-electron chi connectivity index (χ3n) is 6.51. The Morgan fingerprint density at radius 1 is 1.00 bits per heavy atom. The summed E-state index contributed by atoms with van der Waals surface area (Å²) in [6.45, 7) is 5.99. The number of hydrogen-bond donors (Lipinski definition) is 0. The second kappa shape index (κ2) is 6.12. The number of aryl methyl sites for hydroxylation is 2. The van der Waals surface area contributed by atoms with Gasteiger partial charge in [-0.25, -0.2) is 9.50 Å². The van der Waals surface area contributed by atoms with Crippen LogP contribution in [0.5, 0.6) is 0 Å². The van der Waals surface area contributed by atoms with Crippen molar-refractivity contribution in [2.24, 2.45) is 0 Å². The summed E-state index contributed by atoms with van der Waals surface area (Å²) in [6.07, 6.45) is 5.01. The van der Waals surface area contributed by atoms with Crippen molar-refractivity contribution in [3.8, 4) is 11.4 Å². The molecule has 0 spiro atoms. The van der Waals surface area contributed by atoms with Crippen LogP contribution in [-0.2, 0) is 0 Å². The highest BCUT2D eigenvalue weighted by Crippen LogP contribution is 2.33. The quantitative estimate of drug-likeness (QED) is 0.511. The molecule has 0 N–H and O–H groups in total. The summed E-state index contributed by atoms with van der Waals surface area (Å²) in [6, 6.07) is 8.65. The van der Waals surface area contributed by atoms with Crippen molar-refractivity contribution in [3.63, 3.8) is 0 Å². The van der Waals surface area contributed by atoms with Gasteiger partial charge >= 0.3 is 0 Å². The fourth-order valence-electron chi connectivity index (χ4n) is 4.99. The van der Waals surface area contributed by atoms with E-state index in [0.717, 1.165) is 35.7 Å². The van der Waals surface area contributed by atoms with Gasteiger partial charge in [-0.05, 0) is 45.5 Å². The zero-order chi connectivity index (χ0) is 20.6. The molecule has 2 aliphatic rings. The van der Waals surface area contributed by atoms with E-state index in [2.05, 4.69) is 33.0 Å². The van der Waals surface area contributed by atoms with Crippen LogP contribution < -0.4 is 10.5 Å². The van der Waals surface area contributed by atoms with Crippen molar-refractivity contribution in [1.82, 2.24) is 28.9 Å². The van der Waals surface area contributed by atoms with Crippen LogP contribution in [0.1, 0.15) is 17.8 Å². The molecule has 6 rings (SSSR count). The second-order valence-corrected chi connectivity index (χ2v) is 8.56. The van der Waals surface area contributed by atoms with Crippen molar-refractivity contribution in [1.29, 1.82) is 0 Å². The predicted octanol–water partition coefficient (Wildman–Crippen LogP) is 1.91. The van der Waals surface area contributed by atoms with Crippen LogP contribution in [0.4, 0.5) is 5.69 Å². The minimum Gasteiger partial charge on any atom is -0.364 e. The minimum absolute atomic E-state index is 0.0959. The second-order valence-electron chi connectivity index (χ2n) is 8.56. The fraction of sp³-hybridized carbons (Fsp3) is 0.364. The lowest BCUT2D eigenvalue weighted by molar-refractivity contribution is 0.292. The van der Waals surface area contributed by atoms with E-state index in [-0.39, 0.29) is 5.56 Å². The highest BCUT2D eigenvalue weighted by Gasteiger charge is 2.41. The first-order valence-corrected chi connectivity index (χ1v) is 10.3. The summed E-state index contributed by atoms with van der Waals surface area (Å²) in [5.74, 6) is 0. The van der Waals surface area contributed by atoms with Crippen LogP contribution in [-0.4, -0.2) is 61.1 Å². The Morgan fingerprint density at radius 3 is 2.63 bits per heavy atom. The van der Waals surface area contributed by atoms with Crippen LogP contribution in [0, 0.1) is 13.8 Å². The number of anilines is 1. The molecule has 0 radical (unpaired) electrons. The third kappa shape index (κ3) is 2.56. The Labute approximate surface area is 173 Å². The highest BCUT2D eigenvalue weighted by atomic mass is 16.1. The smallest absolute Gasteiger partial charge is 0.258 e. The number of aromatic nitrogens is 5. The first-order valence-electron chi connectivity index (χ1n) is 10.3. The number of rotatable bonds is 2. The summed E-state index contributed by atoms with van der Waals surface area (Å²) < 4.78 is 3.44. The van der Waals surface area contributed by atoms with E-state index < -0.39 is 0 Å². The molecule has 2 atom stereocenters. The Bertz CT molecular complexity index is 1370. The summed E-state index contributed by atoms with van der Waals surface area (Å²) in [7, 11) is 2.19. The van der Waals surface area contributed by atoms with Gasteiger partial charge in [0.15, 0.2) is 0 Å². The predicted molar refractivity (Wildman–Crippen MR) is 115 cm³/mol. The molecule has 8 heteroatoms. The molecule has 6 heterocycles. The van der Waals surface area contributed by atoms with Gasteiger partial charge in [-0.1, -0.05) is 0 Å². The number of likely N-dealkylation sites (N-methyl/N-ethyl adjacent to an activating group) is 1. The van der Waals surface area contributed by atoms with Gasteiger partial charge in [0, 0.05) is 37.4 Å². The standard InChI is InChI=1S/C22H23N7O/c1-13-9-29-20(14(2)23-13)7-19(25-29)18-8-22(30)28-11-15(4-5-21(28)24-18)27-12-16-6-17(27)10-26(16)3/h4-5,7-9,11,16-17H,6,10,12H2,1-3H3/t16-,17-/m0/s1. The number of pyridine rings is 1. The number of nitrogens with zero attached hydrogens (tertiary/aromatic N) is 7. The van der Waals surface area contributed by atoms with Crippen molar-refractivity contribution >= 4 is 16.9 Å². The molecule has 2 aliphatic heterocycles. The van der Waals surface area contributed by atoms with E-state index in [9.17, 15) is 4.79 Å². The zero-order valence-electron chi connectivity index (χ0n) is 17.3. The normalized spacial score (nSPS) is 21.4. The van der Waals surface area contributed by atoms with Gasteiger partial charge < -0.3 is 4.90 Å². The van der Waals surface area contributed by atoms with Crippen molar-refractivity contribution in [3.05, 3.63) is 58.4 Å². The topological polar surface area (TPSA) is 71.0 Å². The lowest BCUT2D eigenvalue weighted by atomic mass is 10.2. The molecule has 0 unspecified atom stereocenters. The lowest BCUT2D eigenvalue weighted by Crippen LogP contribution is -2.44. The molecule has 0 aliphatic carbocycles. The van der Waals surface area contributed by atoms with Crippen molar-refractivity contribution < 1.29 is 0 Å². The van der Waals surface area contributed by atoms with E-state index in [1.54, 1.807) is 15.0 Å². The zero-order valence-corrected chi connectivity index (χ0v) is 17.3. The van der Waals surface area contributed by atoms with Crippen LogP contribution in [0.3, 0.4) is 0 Å². The first kappa shape index (κ1) is 17.6. The van der Waals surface area contributed by atoms with Gasteiger partial charge in [0.1, 0.15) is 11.3 Å². The van der Waals surface area contributed by atoms with Gasteiger partial charge in [-0.2, -0.15) is 5.10 Å². The molecule has 0 amide bonds. The SMILES string of the molecule is Cc1cn2nc(-c3cc(=O)n4cc(N5C[C@@H]6C[C@H]5CN6C)ccc4n3)cc2c(C)n1. The van der Waals surface area contributed by atoms with Gasteiger partial charge in [0.25, 0.3) is 5.56 Å². The summed E-state index contributed by atoms with van der Waals surface area (Å²) in [5.41, 5.74) is 5.60. The Balaban J connectivity index is 1.41. The van der Waals surface area contributed by atoms with Crippen LogP contribution in [0.25, 0.3) is 22.6 Å². The van der Waals surface area contributed by atoms with E-state index in [0.29, 0.717) is 29.1 Å². The third-order valence-corrected chi connectivity index (χ3v) is 6.51. The molecule has 0 saturated carbocycles. The molecular formula is C22H23N7O. The fourth-order valence-corrected chi connectivity index (χ4v) is 4.99. The van der Waals surface area contributed by atoms with Gasteiger partial charge in [0.05, 0.1) is 34.5 Å². The van der Waals surface area contributed by atoms with Gasteiger partial charge in [0.2, 0.25) is 0 Å². The summed E-state index contributed by atoms with van der Waals surface area (Å²) in [5, 5.41) is 4.62. The van der Waals surface area contributed by atoms with E-state index in [1.165, 1.54) is 6.42 Å². The molecular weight excluding hydrogens is 378 g/mol. The number of hydrogen-bond acceptors (Lipinski definition) is 6. The molecule has 152 valence electrons. The first-order chi connectivity index (χ1) is 14.5. The molecule has 2 fully saturated rings. The van der Waals surface area contributed by atoms with E-state index in [4.69, 9.17) is 4.98 Å². The van der Waals surface area contributed by atoms with Crippen LogP contribution in [0.15, 0.2) is 41.5 Å². The number of fused-ring (bicyclic) bond motifs is 4. The van der Waals surface area contributed by atoms with Gasteiger partial charge in [-0.3, -0.25) is 19.1 Å². The Kier molecular flexibility index (Phi) is 3.59. The van der Waals surface area contributed by atoms with Crippen molar-refractivity contribution in [2.75, 3.05) is 25.0 Å². The maximum absolute atomic E-state index is 12.9. The Hall–Kier alpha value is -3.26. The summed E-state index contributed by atoms with van der Waals surface area (Å²) in [4.78, 5) is 27.0. The molecule has 2 saturated heterocycles. The lowest BCUT2D eigenvalue weighted by Gasteiger charge is -2.33. The molecule has 4 aromatic rings. The largest absolute Gasteiger partial charge is 0.364 e. The number of piperazine rings is 1. The average molecular weight is 401 g/mol. The molecule has 30 heavy (non-hydrogen) atoms. The van der Waals surface area contributed by atoms with Gasteiger partial charge in [-0.15, -0.1) is 0 Å². The van der Waals surface area contributed by atoms with Crippen molar-refractivity contribution in [2.45, 2.75) is 32.4 Å². The molecule has 0 aromatic carbocycles. The van der Waals surface area contributed by atoms with Crippen LogP contribution >= 0.6 is 0 Å². The maximum Gasteiger partial charge on any atom is 0.258 e. The highest BCUT2D eigenvalue weighted by molar-refractivity contribution is 5.66. The Morgan fingerprint density at radius 2 is 1.87 bits per heavy atom. The minimum atomic E-state index is -0.0959. The molecule has 8 nitrogen and oxygen atoms in total. The maximum atomic E-state index is 12.9. The van der Waals surface area contributed by atoms with E-state index >= 15 is 0 Å². The summed E-state index contributed by atoms with van der Waals surface area (Å²) >= 11 is 0. The van der Waals surface area contributed by atoms with Crippen LogP contribution in [0.2, 0.25) is 0 Å². The monoisotopic (exact) mass is 401 g/mol. The molecule has 2 bridgehead atoms. The molecule has 4 aromatic heterocycles. The average Bonchev–Trinajstić information content (AvgIpc) is 3.41. The number of likely N-dealkylation sites (tertiary alicyclic amines) is 1.